The Morgan fingerprint density at radius 2 is 2.41 bits per heavy atom. The fraction of sp³-hybridized carbons (Fsp3) is 0.615. The Morgan fingerprint density at radius 3 is 3.24 bits per heavy atom. The van der Waals surface area contributed by atoms with Gasteiger partial charge in [0.05, 0.1) is 6.04 Å². The van der Waals surface area contributed by atoms with Gasteiger partial charge in [0.25, 0.3) is 0 Å². The Hall–Kier alpha value is -0.870. The summed E-state index contributed by atoms with van der Waals surface area (Å²) < 4.78 is 0. The van der Waals surface area contributed by atoms with E-state index in [9.17, 15) is 4.79 Å². The Morgan fingerprint density at radius 1 is 1.53 bits per heavy atom. The van der Waals surface area contributed by atoms with Gasteiger partial charge in [-0.1, -0.05) is 6.92 Å². The van der Waals surface area contributed by atoms with Crippen LogP contribution in [0, 0.1) is 0 Å². The third-order valence-electron chi connectivity index (χ3n) is 3.26. The molecular formula is C13H20N2OS. The van der Waals surface area contributed by atoms with Crippen molar-refractivity contribution in [1.82, 2.24) is 10.6 Å². The molecule has 1 amide bonds. The van der Waals surface area contributed by atoms with Crippen LogP contribution in [-0.4, -0.2) is 18.5 Å². The fourth-order valence-electron chi connectivity index (χ4n) is 2.19. The van der Waals surface area contributed by atoms with Crippen LogP contribution in [0.25, 0.3) is 0 Å². The number of hydrogen-bond donors (Lipinski definition) is 2. The minimum atomic E-state index is -0.00990. The van der Waals surface area contributed by atoms with Gasteiger partial charge in [-0.3, -0.25) is 4.79 Å². The molecule has 0 spiro atoms. The zero-order valence-corrected chi connectivity index (χ0v) is 11.1. The Kier molecular flexibility index (Phi) is 4.57. The van der Waals surface area contributed by atoms with Gasteiger partial charge in [-0.05, 0) is 42.7 Å². The number of carbonyl (C=O) groups excluding carboxylic acids is 1. The zero-order valence-electron chi connectivity index (χ0n) is 10.3. The maximum Gasteiger partial charge on any atom is 0.237 e. The molecule has 1 aliphatic heterocycles. The molecule has 2 heterocycles. The monoisotopic (exact) mass is 252 g/mol. The van der Waals surface area contributed by atoms with Gasteiger partial charge < -0.3 is 10.6 Å². The predicted octanol–water partition coefficient (Wildman–Crippen LogP) is 2.07. The SMILES string of the molecule is CCc1ccsc1CNC1CCCCNC1=O. The first-order valence-corrected chi connectivity index (χ1v) is 7.25. The standard InChI is InChI=1S/C13H20N2OS/c1-2-10-6-8-17-12(10)9-15-11-5-3-4-7-14-13(11)16/h6,8,11,15H,2-5,7,9H2,1H3,(H,14,16). The van der Waals surface area contributed by atoms with Crippen LogP contribution < -0.4 is 10.6 Å². The lowest BCUT2D eigenvalue weighted by Gasteiger charge is -2.15. The minimum absolute atomic E-state index is 0.00990. The summed E-state index contributed by atoms with van der Waals surface area (Å²) in [7, 11) is 0. The van der Waals surface area contributed by atoms with E-state index in [1.165, 1.54) is 10.4 Å². The highest BCUT2D eigenvalue weighted by molar-refractivity contribution is 7.10. The number of hydrogen-bond acceptors (Lipinski definition) is 3. The summed E-state index contributed by atoms with van der Waals surface area (Å²) in [6.45, 7) is 3.82. The van der Waals surface area contributed by atoms with E-state index in [4.69, 9.17) is 0 Å². The highest BCUT2D eigenvalue weighted by Crippen LogP contribution is 2.17. The lowest BCUT2D eigenvalue weighted by Crippen LogP contribution is -2.42. The van der Waals surface area contributed by atoms with Crippen molar-refractivity contribution in [2.24, 2.45) is 0 Å². The maximum atomic E-state index is 11.8. The molecule has 17 heavy (non-hydrogen) atoms. The molecule has 0 aliphatic carbocycles. The van der Waals surface area contributed by atoms with Gasteiger partial charge in [0.15, 0.2) is 0 Å². The first-order valence-electron chi connectivity index (χ1n) is 6.37. The number of rotatable bonds is 4. The van der Waals surface area contributed by atoms with Crippen LogP contribution in [0.15, 0.2) is 11.4 Å². The quantitative estimate of drug-likeness (QED) is 0.861. The van der Waals surface area contributed by atoms with Crippen molar-refractivity contribution in [3.8, 4) is 0 Å². The zero-order chi connectivity index (χ0) is 12.1. The summed E-state index contributed by atoms with van der Waals surface area (Å²) in [5.41, 5.74) is 1.40. The number of amides is 1. The van der Waals surface area contributed by atoms with Crippen LogP contribution in [0.5, 0.6) is 0 Å². The third-order valence-corrected chi connectivity index (χ3v) is 4.23. The molecule has 1 aromatic rings. The maximum absolute atomic E-state index is 11.8. The molecule has 0 saturated carbocycles. The highest BCUT2D eigenvalue weighted by Gasteiger charge is 2.20. The van der Waals surface area contributed by atoms with E-state index < -0.39 is 0 Å². The molecule has 1 atom stereocenters. The fourth-order valence-corrected chi connectivity index (χ4v) is 3.11. The highest BCUT2D eigenvalue weighted by atomic mass is 32.1. The van der Waals surface area contributed by atoms with E-state index >= 15 is 0 Å². The average Bonchev–Trinajstić information content (AvgIpc) is 2.70. The second-order valence-corrected chi connectivity index (χ2v) is 5.44. The second-order valence-electron chi connectivity index (χ2n) is 4.44. The van der Waals surface area contributed by atoms with Crippen molar-refractivity contribution in [2.75, 3.05) is 6.54 Å². The van der Waals surface area contributed by atoms with E-state index in [2.05, 4.69) is 29.0 Å². The van der Waals surface area contributed by atoms with Gasteiger partial charge >= 0.3 is 0 Å². The van der Waals surface area contributed by atoms with E-state index in [1.807, 2.05) is 0 Å². The van der Waals surface area contributed by atoms with Crippen LogP contribution in [0.4, 0.5) is 0 Å². The van der Waals surface area contributed by atoms with Crippen molar-refractivity contribution in [2.45, 2.75) is 45.2 Å². The lowest BCUT2D eigenvalue weighted by molar-refractivity contribution is -0.122. The molecule has 0 radical (unpaired) electrons. The summed E-state index contributed by atoms with van der Waals surface area (Å²) in [5.74, 6) is 0.164. The number of nitrogens with one attached hydrogen (secondary N) is 2. The summed E-state index contributed by atoms with van der Waals surface area (Å²) in [6, 6.07) is 2.17. The topological polar surface area (TPSA) is 41.1 Å². The van der Waals surface area contributed by atoms with Gasteiger partial charge in [0.1, 0.15) is 0 Å². The first-order chi connectivity index (χ1) is 8.31. The molecule has 2 N–H and O–H groups in total. The molecule has 1 aromatic heterocycles. The Labute approximate surface area is 107 Å². The molecule has 2 rings (SSSR count). The van der Waals surface area contributed by atoms with E-state index in [0.29, 0.717) is 0 Å². The molecule has 3 nitrogen and oxygen atoms in total. The largest absolute Gasteiger partial charge is 0.355 e. The van der Waals surface area contributed by atoms with Gasteiger partial charge in [-0.25, -0.2) is 0 Å². The molecule has 1 aliphatic rings. The van der Waals surface area contributed by atoms with Crippen LogP contribution in [-0.2, 0) is 17.8 Å². The second kappa shape index (κ2) is 6.17. The van der Waals surface area contributed by atoms with Gasteiger partial charge in [-0.15, -0.1) is 11.3 Å². The third kappa shape index (κ3) is 3.30. The molecule has 1 unspecified atom stereocenters. The summed E-state index contributed by atoms with van der Waals surface area (Å²) in [6.07, 6.45) is 4.25. The smallest absolute Gasteiger partial charge is 0.237 e. The molecule has 1 fully saturated rings. The molecule has 94 valence electrons. The molecular weight excluding hydrogens is 232 g/mol. The number of thiophene rings is 1. The number of carbonyl (C=O) groups is 1. The van der Waals surface area contributed by atoms with E-state index in [0.717, 1.165) is 38.8 Å². The van der Waals surface area contributed by atoms with E-state index in [-0.39, 0.29) is 11.9 Å². The van der Waals surface area contributed by atoms with Crippen molar-refractivity contribution in [3.05, 3.63) is 21.9 Å². The first kappa shape index (κ1) is 12.6. The van der Waals surface area contributed by atoms with Gasteiger partial charge in [-0.2, -0.15) is 0 Å². The normalized spacial score (nSPS) is 21.0. The van der Waals surface area contributed by atoms with Crippen molar-refractivity contribution in [3.63, 3.8) is 0 Å². The van der Waals surface area contributed by atoms with Crippen LogP contribution in [0.2, 0.25) is 0 Å². The van der Waals surface area contributed by atoms with Crippen molar-refractivity contribution >= 4 is 17.2 Å². The Bertz CT molecular complexity index is 375. The molecule has 0 bridgehead atoms. The van der Waals surface area contributed by atoms with Gasteiger partial charge in [0.2, 0.25) is 5.91 Å². The van der Waals surface area contributed by atoms with Crippen LogP contribution in [0.3, 0.4) is 0 Å². The average molecular weight is 252 g/mol. The summed E-state index contributed by atoms with van der Waals surface area (Å²) >= 11 is 1.77. The summed E-state index contributed by atoms with van der Waals surface area (Å²) in [4.78, 5) is 13.1. The van der Waals surface area contributed by atoms with E-state index in [1.54, 1.807) is 11.3 Å². The van der Waals surface area contributed by atoms with Crippen LogP contribution in [0.1, 0.15) is 36.6 Å². The lowest BCUT2D eigenvalue weighted by atomic mass is 10.1. The predicted molar refractivity (Wildman–Crippen MR) is 71.2 cm³/mol. The van der Waals surface area contributed by atoms with Gasteiger partial charge in [0, 0.05) is 18.0 Å². The van der Waals surface area contributed by atoms with Crippen LogP contribution >= 0.6 is 11.3 Å². The minimum Gasteiger partial charge on any atom is -0.355 e. The van der Waals surface area contributed by atoms with Crippen molar-refractivity contribution < 1.29 is 4.79 Å². The van der Waals surface area contributed by atoms with Crippen molar-refractivity contribution in [1.29, 1.82) is 0 Å². The Balaban J connectivity index is 1.90. The number of aryl methyl sites for hydroxylation is 1. The molecule has 4 heteroatoms. The molecule has 0 aromatic carbocycles. The summed E-state index contributed by atoms with van der Waals surface area (Å²) in [5, 5.41) is 8.47. The molecule has 1 saturated heterocycles.